The second-order valence-corrected chi connectivity index (χ2v) is 16.2. The van der Waals surface area contributed by atoms with E-state index in [-0.39, 0.29) is 17.5 Å². The number of ether oxygens (including phenoxy) is 3. The molecule has 5 heteroatoms. The average Bonchev–Trinajstić information content (AvgIpc) is 2.92. The Morgan fingerprint density at radius 2 is 1.32 bits per heavy atom. The lowest BCUT2D eigenvalue weighted by atomic mass is 9.75. The van der Waals surface area contributed by atoms with Crippen LogP contribution in [0.15, 0.2) is 0 Å². The third kappa shape index (κ3) is 10.5. The number of hydrogen-bond donors (Lipinski definition) is 0. The summed E-state index contributed by atoms with van der Waals surface area (Å²) in [5.41, 5.74) is 2.27. The van der Waals surface area contributed by atoms with Crippen molar-refractivity contribution in [2.24, 2.45) is 28.6 Å². The summed E-state index contributed by atoms with van der Waals surface area (Å²) in [4.78, 5) is 25.7. The topological polar surface area (TPSA) is 61.8 Å². The summed E-state index contributed by atoms with van der Waals surface area (Å²) in [6, 6.07) is 0. The highest BCUT2D eigenvalue weighted by Crippen LogP contribution is 2.46. The predicted octanol–water partition coefficient (Wildman–Crippen LogP) is 10.7. The summed E-state index contributed by atoms with van der Waals surface area (Å²) < 4.78 is 17.9. The number of fused-ring (bicyclic) bond motifs is 1. The Morgan fingerprint density at radius 1 is 0.795 bits per heavy atom. The molecule has 0 saturated heterocycles. The van der Waals surface area contributed by atoms with Gasteiger partial charge in [0.15, 0.2) is 0 Å². The molecule has 3 atom stereocenters. The third-order valence-corrected chi connectivity index (χ3v) is 10.2. The highest BCUT2D eigenvalue weighted by molar-refractivity contribution is 5.82. The summed E-state index contributed by atoms with van der Waals surface area (Å²) >= 11 is 0. The van der Waals surface area contributed by atoms with Crippen LogP contribution in [0, 0.1) is 49.4 Å². The fourth-order valence-electron chi connectivity index (χ4n) is 7.17. The lowest BCUT2D eigenvalue weighted by molar-refractivity contribution is -0.155. The first-order chi connectivity index (χ1) is 20.3. The van der Waals surface area contributed by atoms with Crippen LogP contribution in [0.4, 0.5) is 0 Å². The van der Waals surface area contributed by atoms with Gasteiger partial charge in [-0.25, -0.2) is 0 Å². The molecule has 1 aromatic rings. The molecular weight excluding hydrogens is 548 g/mol. The van der Waals surface area contributed by atoms with Gasteiger partial charge in [-0.15, -0.1) is 0 Å². The van der Waals surface area contributed by atoms with Gasteiger partial charge in [-0.3, -0.25) is 9.59 Å². The van der Waals surface area contributed by atoms with E-state index in [1.54, 1.807) is 13.8 Å². The van der Waals surface area contributed by atoms with Crippen molar-refractivity contribution >= 4 is 11.9 Å². The Balaban J connectivity index is 1.99. The van der Waals surface area contributed by atoms with Crippen LogP contribution in [0.5, 0.6) is 11.5 Å². The van der Waals surface area contributed by atoms with E-state index < -0.39 is 10.8 Å². The van der Waals surface area contributed by atoms with Gasteiger partial charge in [0.1, 0.15) is 17.1 Å². The zero-order valence-electron chi connectivity index (χ0n) is 30.8. The maximum absolute atomic E-state index is 13.4. The number of carbonyl (C=O) groups excluding carboxylic acids is 2. The van der Waals surface area contributed by atoms with Crippen LogP contribution < -0.4 is 9.47 Å². The van der Waals surface area contributed by atoms with Crippen LogP contribution in [0.25, 0.3) is 0 Å². The van der Waals surface area contributed by atoms with E-state index in [1.165, 1.54) is 58.5 Å². The zero-order chi connectivity index (χ0) is 33.5. The van der Waals surface area contributed by atoms with Gasteiger partial charge < -0.3 is 14.2 Å². The average molecular weight is 615 g/mol. The van der Waals surface area contributed by atoms with E-state index in [9.17, 15) is 9.59 Å². The molecule has 0 radical (unpaired) electrons. The van der Waals surface area contributed by atoms with E-state index in [2.05, 4.69) is 41.5 Å². The first kappa shape index (κ1) is 38.1. The fraction of sp³-hybridized carbons (Fsp3) is 0.795. The highest BCUT2D eigenvalue weighted by Gasteiger charge is 2.42. The molecule has 0 bridgehead atoms. The van der Waals surface area contributed by atoms with E-state index in [1.807, 2.05) is 27.7 Å². The van der Waals surface area contributed by atoms with Gasteiger partial charge in [0.2, 0.25) is 0 Å². The van der Waals surface area contributed by atoms with E-state index in [4.69, 9.17) is 14.2 Å². The van der Waals surface area contributed by atoms with E-state index >= 15 is 0 Å². The van der Waals surface area contributed by atoms with Gasteiger partial charge >= 0.3 is 11.9 Å². The second-order valence-electron chi connectivity index (χ2n) is 16.2. The molecule has 0 saturated carbocycles. The number of hydrogen-bond acceptors (Lipinski definition) is 5. The molecule has 44 heavy (non-hydrogen) atoms. The molecule has 1 heterocycles. The van der Waals surface area contributed by atoms with Crippen LogP contribution in [0.2, 0.25) is 0 Å². The smallest absolute Gasteiger partial charge is 0.316 e. The molecule has 1 unspecified atom stereocenters. The van der Waals surface area contributed by atoms with Gasteiger partial charge in [0.05, 0.1) is 17.9 Å². The largest absolute Gasteiger partial charge is 0.487 e. The SMILES string of the molecule is COC(=O)C(C)(C)CC(C)(C)C(=O)Oc1c(C)c(C)c2c(c1C)CC[C@](C)(CCC[C@H](C)CCCC(C)CCCC(C)C)O2. The predicted molar refractivity (Wildman–Crippen MR) is 183 cm³/mol. The lowest BCUT2D eigenvalue weighted by Crippen LogP contribution is -2.38. The van der Waals surface area contributed by atoms with Crippen molar-refractivity contribution in [1.29, 1.82) is 0 Å². The van der Waals surface area contributed by atoms with Crippen LogP contribution in [0.3, 0.4) is 0 Å². The van der Waals surface area contributed by atoms with Crippen LogP contribution in [-0.4, -0.2) is 24.6 Å². The van der Waals surface area contributed by atoms with Crippen molar-refractivity contribution in [3.8, 4) is 11.5 Å². The Morgan fingerprint density at radius 3 is 1.86 bits per heavy atom. The van der Waals surface area contributed by atoms with Gasteiger partial charge in [-0.2, -0.15) is 0 Å². The molecule has 0 spiro atoms. The summed E-state index contributed by atoms with van der Waals surface area (Å²) in [6.45, 7) is 25.2. The maximum atomic E-state index is 13.4. The molecule has 2 rings (SSSR count). The summed E-state index contributed by atoms with van der Waals surface area (Å²) in [6.07, 6.45) is 13.8. The Bertz CT molecular complexity index is 1110. The minimum absolute atomic E-state index is 0.180. The monoisotopic (exact) mass is 614 g/mol. The van der Waals surface area contributed by atoms with Gasteiger partial charge in [0.25, 0.3) is 0 Å². The van der Waals surface area contributed by atoms with Crippen molar-refractivity contribution < 1.29 is 23.8 Å². The maximum Gasteiger partial charge on any atom is 0.316 e. The van der Waals surface area contributed by atoms with Crippen molar-refractivity contribution in [3.05, 3.63) is 22.3 Å². The second kappa shape index (κ2) is 16.0. The van der Waals surface area contributed by atoms with Gasteiger partial charge in [-0.1, -0.05) is 72.6 Å². The lowest BCUT2D eigenvalue weighted by Gasteiger charge is -2.38. The van der Waals surface area contributed by atoms with E-state index in [0.717, 1.165) is 65.0 Å². The molecule has 0 aliphatic carbocycles. The number of rotatable bonds is 17. The standard InChI is InChI=1S/C39H66O5/c1-26(2)17-14-18-27(3)19-15-20-28(4)21-16-23-39(12)24-22-32-31(7)33(29(5)30(6)34(32)44-39)43-36(41)38(10,11)25-37(8,9)35(40)42-13/h26-28H,14-25H2,1-13H3/t27?,28-,39+/m1/s1. The van der Waals surface area contributed by atoms with Crippen molar-refractivity contribution in [2.45, 2.75) is 166 Å². The molecule has 1 aliphatic rings. The number of benzene rings is 1. The van der Waals surface area contributed by atoms with Crippen molar-refractivity contribution in [1.82, 2.24) is 0 Å². The highest BCUT2D eigenvalue weighted by atomic mass is 16.5. The number of esters is 2. The summed E-state index contributed by atoms with van der Waals surface area (Å²) in [5.74, 6) is 3.36. The Labute approximate surface area is 270 Å². The minimum atomic E-state index is -0.863. The fourth-order valence-corrected chi connectivity index (χ4v) is 7.17. The molecule has 0 N–H and O–H groups in total. The van der Waals surface area contributed by atoms with Crippen molar-refractivity contribution in [2.75, 3.05) is 7.11 Å². The Kier molecular flexibility index (Phi) is 13.9. The molecule has 5 nitrogen and oxygen atoms in total. The van der Waals surface area contributed by atoms with Crippen LogP contribution in [-0.2, 0) is 20.7 Å². The van der Waals surface area contributed by atoms with Gasteiger partial charge in [0, 0.05) is 5.56 Å². The van der Waals surface area contributed by atoms with Crippen LogP contribution in [0.1, 0.15) is 155 Å². The molecule has 1 aliphatic heterocycles. The first-order valence-electron chi connectivity index (χ1n) is 17.5. The summed E-state index contributed by atoms with van der Waals surface area (Å²) in [5, 5.41) is 0. The molecule has 0 aromatic heterocycles. The quantitative estimate of drug-likeness (QED) is 0.129. The zero-order valence-corrected chi connectivity index (χ0v) is 30.8. The van der Waals surface area contributed by atoms with E-state index in [0.29, 0.717) is 12.2 Å². The van der Waals surface area contributed by atoms with Crippen molar-refractivity contribution in [3.63, 3.8) is 0 Å². The molecular formula is C39H66O5. The molecule has 252 valence electrons. The molecule has 0 fully saturated rings. The summed E-state index contributed by atoms with van der Waals surface area (Å²) in [7, 11) is 1.38. The number of methoxy groups -OCH3 is 1. The van der Waals surface area contributed by atoms with Gasteiger partial charge in [-0.05, 0) is 122 Å². The minimum Gasteiger partial charge on any atom is -0.487 e. The first-order valence-corrected chi connectivity index (χ1v) is 17.5. The molecule has 0 amide bonds. The normalized spacial score (nSPS) is 18.4. The molecule has 1 aromatic carbocycles. The number of carbonyl (C=O) groups is 2. The Hall–Kier alpha value is -2.04. The third-order valence-electron chi connectivity index (χ3n) is 10.2. The van der Waals surface area contributed by atoms with Crippen LogP contribution >= 0.6 is 0 Å².